The van der Waals surface area contributed by atoms with Gasteiger partial charge in [0.1, 0.15) is 22.7 Å². The van der Waals surface area contributed by atoms with Gasteiger partial charge in [-0.05, 0) is 73.1 Å². The maximum absolute atomic E-state index is 12.1. The van der Waals surface area contributed by atoms with Crippen LogP contribution in [0.5, 0.6) is 5.75 Å². The largest absolute Gasteiger partial charge is 0.481 e. The quantitative estimate of drug-likeness (QED) is 0.305. The van der Waals surface area contributed by atoms with Gasteiger partial charge in [-0.3, -0.25) is 4.90 Å². The van der Waals surface area contributed by atoms with Gasteiger partial charge in [-0.1, -0.05) is 43.2 Å². The third kappa shape index (κ3) is 6.13. The minimum Gasteiger partial charge on any atom is -0.481 e. The number of carbonyl (C=O) groups is 1. The molecule has 2 aromatic carbocycles. The zero-order valence-electron chi connectivity index (χ0n) is 24.6. The molecule has 1 unspecified atom stereocenters. The minimum atomic E-state index is -1.000. The van der Waals surface area contributed by atoms with Crippen molar-refractivity contribution in [3.05, 3.63) is 82.0 Å². The summed E-state index contributed by atoms with van der Waals surface area (Å²) >= 11 is 6.19. The van der Waals surface area contributed by atoms with E-state index in [-0.39, 0.29) is 5.56 Å². The fraction of sp³-hybridized carbons (Fsp3) is 0.412. The lowest BCUT2D eigenvalue weighted by Crippen LogP contribution is -2.47. The number of anilines is 1. The average molecular weight is 587 g/mol. The van der Waals surface area contributed by atoms with Crippen LogP contribution in [0.3, 0.4) is 0 Å². The van der Waals surface area contributed by atoms with Gasteiger partial charge in [-0.15, -0.1) is 0 Å². The van der Waals surface area contributed by atoms with Crippen LogP contribution in [-0.4, -0.2) is 65.5 Å². The molecule has 2 aliphatic heterocycles. The van der Waals surface area contributed by atoms with Gasteiger partial charge in [-0.25, -0.2) is 9.79 Å². The first-order valence-corrected chi connectivity index (χ1v) is 15.2. The number of benzene rings is 2. The summed E-state index contributed by atoms with van der Waals surface area (Å²) in [4.78, 5) is 24.6. The molecule has 2 N–H and O–H groups in total. The van der Waals surface area contributed by atoms with Crippen LogP contribution in [0.15, 0.2) is 65.3 Å². The maximum atomic E-state index is 12.1. The van der Waals surface area contributed by atoms with E-state index >= 15 is 0 Å². The van der Waals surface area contributed by atoms with Crippen molar-refractivity contribution in [1.82, 2.24) is 9.88 Å². The van der Waals surface area contributed by atoms with Crippen LogP contribution in [0, 0.1) is 5.41 Å². The van der Waals surface area contributed by atoms with Crippen molar-refractivity contribution < 1.29 is 14.6 Å². The van der Waals surface area contributed by atoms with Crippen LogP contribution >= 0.6 is 11.6 Å². The number of aromatic carboxylic acids is 1. The van der Waals surface area contributed by atoms with E-state index in [1.54, 1.807) is 17.9 Å². The number of halogens is 1. The van der Waals surface area contributed by atoms with Gasteiger partial charge in [-0.2, -0.15) is 0 Å². The van der Waals surface area contributed by atoms with E-state index in [1.807, 2.05) is 43.5 Å². The third-order valence-corrected chi connectivity index (χ3v) is 9.14. The predicted molar refractivity (Wildman–Crippen MR) is 170 cm³/mol. The number of hydrogen-bond acceptors (Lipinski definition) is 5. The zero-order valence-corrected chi connectivity index (χ0v) is 25.4. The lowest BCUT2D eigenvalue weighted by molar-refractivity contribution is 0.0686. The van der Waals surface area contributed by atoms with Crippen molar-refractivity contribution in [3.8, 4) is 5.75 Å². The first-order valence-electron chi connectivity index (χ1n) is 14.8. The Bertz CT molecular complexity index is 1530. The van der Waals surface area contributed by atoms with Crippen LogP contribution in [0.25, 0.3) is 5.57 Å². The number of piperazine rings is 1. The number of H-pyrrole nitrogens is 1. The molecule has 3 aliphatic rings. The van der Waals surface area contributed by atoms with Gasteiger partial charge in [0, 0.05) is 67.7 Å². The second kappa shape index (κ2) is 11.3. The number of carboxylic acid groups (broad SMARTS) is 1. The number of aliphatic imine (C=N–C) groups is 1. The summed E-state index contributed by atoms with van der Waals surface area (Å²) in [7, 11) is 0. The van der Waals surface area contributed by atoms with Crippen molar-refractivity contribution in [1.29, 1.82) is 0 Å². The molecule has 1 saturated heterocycles. The number of allylic oxidation sites excluding steroid dienone is 1. The molecule has 1 aromatic heterocycles. The summed E-state index contributed by atoms with van der Waals surface area (Å²) in [5, 5.41) is 10.7. The molecule has 1 atom stereocenters. The fourth-order valence-electron chi connectivity index (χ4n) is 6.46. The molecular weight excluding hydrogens is 548 g/mol. The first-order chi connectivity index (χ1) is 20.1. The molecule has 3 aromatic rings. The second-order valence-electron chi connectivity index (χ2n) is 12.9. The lowest BCUT2D eigenvalue weighted by atomic mass is 9.72. The van der Waals surface area contributed by atoms with E-state index in [1.165, 1.54) is 17.6 Å². The van der Waals surface area contributed by atoms with Gasteiger partial charge in [0.25, 0.3) is 0 Å². The Balaban J connectivity index is 1.16. The van der Waals surface area contributed by atoms with E-state index < -0.39 is 11.6 Å². The summed E-state index contributed by atoms with van der Waals surface area (Å²) < 4.78 is 6.40. The molecule has 42 heavy (non-hydrogen) atoms. The molecule has 7 nitrogen and oxygen atoms in total. The van der Waals surface area contributed by atoms with E-state index in [4.69, 9.17) is 16.3 Å². The number of nitrogens with zero attached hydrogens (tertiary/aromatic N) is 3. The van der Waals surface area contributed by atoms with Crippen molar-refractivity contribution in [2.24, 2.45) is 10.4 Å². The van der Waals surface area contributed by atoms with E-state index in [2.05, 4.69) is 45.8 Å². The number of ether oxygens (including phenoxy) is 1. The van der Waals surface area contributed by atoms with Gasteiger partial charge >= 0.3 is 5.97 Å². The van der Waals surface area contributed by atoms with Crippen molar-refractivity contribution in [2.45, 2.75) is 52.1 Å². The Labute approximate surface area is 252 Å². The van der Waals surface area contributed by atoms with E-state index in [9.17, 15) is 9.90 Å². The number of aromatic amines is 1. The van der Waals surface area contributed by atoms with Crippen LogP contribution in [0.1, 0.15) is 61.5 Å². The van der Waals surface area contributed by atoms with Crippen LogP contribution in [0.2, 0.25) is 5.02 Å². The predicted octanol–water partition coefficient (Wildman–Crippen LogP) is 7.25. The summed E-state index contributed by atoms with van der Waals surface area (Å²) in [6.45, 7) is 11.3. The first kappa shape index (κ1) is 28.6. The highest BCUT2D eigenvalue weighted by atomic mass is 35.5. The highest BCUT2D eigenvalue weighted by Gasteiger charge is 2.32. The third-order valence-electron chi connectivity index (χ3n) is 8.89. The molecule has 0 spiro atoms. The molecular formula is C34H39ClN4O3. The SMILES string of the molecule is CC1(C)CCC(CN2CCN(c3ccc(C(=O)O)c(OC4(C)C=Nc5[nH]ccc5C4)c3)CC2)=C(c2ccc(Cl)cc2)C1. The Morgan fingerprint density at radius 1 is 1.05 bits per heavy atom. The fourth-order valence-corrected chi connectivity index (χ4v) is 6.59. The number of carboxylic acids is 1. The molecule has 1 fully saturated rings. The lowest BCUT2D eigenvalue weighted by Gasteiger charge is -2.39. The Kier molecular flexibility index (Phi) is 7.66. The maximum Gasteiger partial charge on any atom is 0.339 e. The van der Waals surface area contributed by atoms with Gasteiger partial charge in [0.05, 0.1) is 6.21 Å². The summed E-state index contributed by atoms with van der Waals surface area (Å²) in [6, 6.07) is 15.8. The van der Waals surface area contributed by atoms with Gasteiger partial charge < -0.3 is 19.7 Å². The molecule has 6 rings (SSSR count). The number of aromatic nitrogens is 1. The number of nitrogens with one attached hydrogen (secondary N) is 1. The normalized spacial score (nSPS) is 22.2. The Morgan fingerprint density at radius 2 is 1.81 bits per heavy atom. The highest BCUT2D eigenvalue weighted by Crippen LogP contribution is 2.43. The highest BCUT2D eigenvalue weighted by molar-refractivity contribution is 6.30. The van der Waals surface area contributed by atoms with Crippen LogP contribution in [0.4, 0.5) is 11.5 Å². The van der Waals surface area contributed by atoms with E-state index in [0.29, 0.717) is 17.6 Å². The van der Waals surface area contributed by atoms with Gasteiger partial charge in [0.2, 0.25) is 0 Å². The molecule has 220 valence electrons. The van der Waals surface area contributed by atoms with Gasteiger partial charge in [0.15, 0.2) is 0 Å². The topological polar surface area (TPSA) is 81.2 Å². The van der Waals surface area contributed by atoms with Crippen molar-refractivity contribution in [2.75, 3.05) is 37.6 Å². The number of hydrogen-bond donors (Lipinski definition) is 2. The molecule has 8 heteroatoms. The molecule has 0 radical (unpaired) electrons. The number of rotatable bonds is 7. The summed E-state index contributed by atoms with van der Waals surface area (Å²) in [5.74, 6) is 0.201. The van der Waals surface area contributed by atoms with Crippen molar-refractivity contribution >= 4 is 40.9 Å². The molecule has 0 saturated carbocycles. The molecule has 0 bridgehead atoms. The van der Waals surface area contributed by atoms with Crippen LogP contribution in [-0.2, 0) is 6.42 Å². The molecule has 1 aliphatic carbocycles. The standard InChI is InChI=1S/C34H39ClN4O3/c1-33(2)12-10-25(29(20-33)23-4-6-26(35)7-5-23)21-38-14-16-39(17-15-38)27-8-9-28(32(40)41)30(18-27)42-34(3)19-24-11-13-36-31(24)37-22-34/h4-9,11,13,18,22,36H,10,12,14-17,19-21H2,1-3H3,(H,40,41). The Morgan fingerprint density at radius 3 is 2.55 bits per heavy atom. The average Bonchev–Trinajstić information content (AvgIpc) is 3.42. The smallest absolute Gasteiger partial charge is 0.339 e. The minimum absolute atomic E-state index is 0.161. The number of fused-ring (bicyclic) bond motifs is 1. The monoisotopic (exact) mass is 586 g/mol. The zero-order chi connectivity index (χ0) is 29.5. The molecule has 3 heterocycles. The Hall–Kier alpha value is -3.55. The second-order valence-corrected chi connectivity index (χ2v) is 13.3. The van der Waals surface area contributed by atoms with E-state index in [0.717, 1.165) is 67.7 Å². The summed E-state index contributed by atoms with van der Waals surface area (Å²) in [5.41, 5.74) is 6.06. The molecule has 0 amide bonds. The summed E-state index contributed by atoms with van der Waals surface area (Å²) in [6.07, 6.45) is 7.64. The van der Waals surface area contributed by atoms with Crippen molar-refractivity contribution in [3.63, 3.8) is 0 Å². The van der Waals surface area contributed by atoms with Crippen LogP contribution < -0.4 is 9.64 Å².